The van der Waals surface area contributed by atoms with Crippen molar-refractivity contribution in [3.8, 4) is 11.8 Å². The van der Waals surface area contributed by atoms with Crippen molar-refractivity contribution in [2.24, 2.45) is 0 Å². The summed E-state index contributed by atoms with van der Waals surface area (Å²) in [5, 5.41) is 11.7. The van der Waals surface area contributed by atoms with Crippen LogP contribution >= 0.6 is 0 Å². The van der Waals surface area contributed by atoms with Crippen LogP contribution in [0.25, 0.3) is 0 Å². The molecular formula is C19H18N2O4. The molecule has 128 valence electrons. The maximum Gasteiger partial charge on any atom is 0.307 e. The van der Waals surface area contributed by atoms with Gasteiger partial charge in [-0.1, -0.05) is 24.3 Å². The number of benzene rings is 2. The summed E-state index contributed by atoms with van der Waals surface area (Å²) in [5.41, 5.74) is 1.76. The Morgan fingerprint density at radius 2 is 1.96 bits per heavy atom. The molecule has 0 atom stereocenters. The van der Waals surface area contributed by atoms with E-state index in [-0.39, 0.29) is 31.4 Å². The molecule has 0 saturated heterocycles. The Bertz CT molecular complexity index is 796. The van der Waals surface area contributed by atoms with Gasteiger partial charge >= 0.3 is 5.97 Å². The molecule has 0 aliphatic heterocycles. The second kappa shape index (κ2) is 9.08. The normalized spacial score (nSPS) is 9.76. The molecule has 2 aromatic carbocycles. The second-order valence-electron chi connectivity index (χ2n) is 5.17. The van der Waals surface area contributed by atoms with E-state index in [2.05, 4.69) is 16.1 Å². The Morgan fingerprint density at radius 1 is 1.16 bits per heavy atom. The van der Waals surface area contributed by atoms with Gasteiger partial charge in [0, 0.05) is 17.7 Å². The number of nitriles is 1. The van der Waals surface area contributed by atoms with Crippen LogP contribution in [0.1, 0.15) is 27.9 Å². The van der Waals surface area contributed by atoms with E-state index < -0.39 is 0 Å². The molecule has 6 nitrogen and oxygen atoms in total. The Balaban J connectivity index is 1.95. The first-order valence-corrected chi connectivity index (χ1v) is 7.70. The van der Waals surface area contributed by atoms with Crippen LogP contribution in [0.2, 0.25) is 0 Å². The number of carbonyl (C=O) groups excluding carboxylic acids is 2. The van der Waals surface area contributed by atoms with Gasteiger partial charge < -0.3 is 14.8 Å². The summed E-state index contributed by atoms with van der Waals surface area (Å²) >= 11 is 0. The zero-order valence-corrected chi connectivity index (χ0v) is 13.8. The predicted octanol–water partition coefficient (Wildman–Crippen LogP) is 2.43. The molecule has 0 heterocycles. The van der Waals surface area contributed by atoms with E-state index >= 15 is 0 Å². The SMILES string of the molecule is COC(=O)CCNC(=O)c1cccc(OCc2ccccc2C#N)c1. The molecular weight excluding hydrogens is 320 g/mol. The van der Waals surface area contributed by atoms with Gasteiger partial charge in [0.15, 0.2) is 0 Å². The first-order valence-electron chi connectivity index (χ1n) is 7.70. The van der Waals surface area contributed by atoms with Crippen molar-refractivity contribution >= 4 is 11.9 Å². The van der Waals surface area contributed by atoms with Crippen molar-refractivity contribution in [1.82, 2.24) is 5.32 Å². The van der Waals surface area contributed by atoms with Crippen LogP contribution in [0.3, 0.4) is 0 Å². The predicted molar refractivity (Wildman–Crippen MR) is 90.9 cm³/mol. The van der Waals surface area contributed by atoms with Crippen LogP contribution in [-0.2, 0) is 16.1 Å². The number of nitrogens with one attached hydrogen (secondary N) is 1. The smallest absolute Gasteiger partial charge is 0.307 e. The zero-order valence-electron chi connectivity index (χ0n) is 13.8. The molecule has 2 aromatic rings. The molecule has 25 heavy (non-hydrogen) atoms. The number of hydrogen-bond acceptors (Lipinski definition) is 5. The van der Waals surface area contributed by atoms with E-state index in [1.54, 1.807) is 36.4 Å². The molecule has 0 aromatic heterocycles. The van der Waals surface area contributed by atoms with Gasteiger partial charge in [0.1, 0.15) is 12.4 Å². The number of ether oxygens (including phenoxy) is 2. The number of esters is 1. The lowest BCUT2D eigenvalue weighted by atomic mass is 10.1. The Hall–Kier alpha value is -3.33. The van der Waals surface area contributed by atoms with Crippen LogP contribution in [0.4, 0.5) is 0 Å². The number of hydrogen-bond donors (Lipinski definition) is 1. The van der Waals surface area contributed by atoms with Crippen molar-refractivity contribution in [2.45, 2.75) is 13.0 Å². The molecule has 0 aliphatic rings. The Kier molecular flexibility index (Phi) is 6.55. The summed E-state index contributed by atoms with van der Waals surface area (Å²) in [7, 11) is 1.30. The molecule has 0 spiro atoms. The van der Waals surface area contributed by atoms with Crippen molar-refractivity contribution < 1.29 is 19.1 Å². The molecule has 0 radical (unpaired) electrons. The summed E-state index contributed by atoms with van der Waals surface area (Å²) in [5.74, 6) is -0.159. The number of amides is 1. The Morgan fingerprint density at radius 3 is 2.72 bits per heavy atom. The first kappa shape index (κ1) is 18.0. The fraction of sp³-hybridized carbons (Fsp3) is 0.211. The molecule has 0 bridgehead atoms. The summed E-state index contributed by atoms with van der Waals surface area (Å²) in [6, 6.07) is 16.0. The summed E-state index contributed by atoms with van der Waals surface area (Å²) in [6.07, 6.45) is 0.114. The molecule has 1 N–H and O–H groups in total. The maximum absolute atomic E-state index is 12.1. The number of methoxy groups -OCH3 is 1. The highest BCUT2D eigenvalue weighted by molar-refractivity contribution is 5.94. The van der Waals surface area contributed by atoms with Crippen LogP contribution in [0.5, 0.6) is 5.75 Å². The largest absolute Gasteiger partial charge is 0.489 e. The average molecular weight is 338 g/mol. The highest BCUT2D eigenvalue weighted by Crippen LogP contribution is 2.16. The van der Waals surface area contributed by atoms with E-state index in [0.29, 0.717) is 16.9 Å². The van der Waals surface area contributed by atoms with E-state index in [0.717, 1.165) is 5.56 Å². The van der Waals surface area contributed by atoms with Gasteiger partial charge in [-0.25, -0.2) is 0 Å². The van der Waals surface area contributed by atoms with Crippen LogP contribution in [-0.4, -0.2) is 25.5 Å². The number of nitrogens with zero attached hydrogens (tertiary/aromatic N) is 1. The fourth-order valence-corrected chi connectivity index (χ4v) is 2.13. The molecule has 0 fully saturated rings. The molecule has 6 heteroatoms. The van der Waals surface area contributed by atoms with E-state index in [1.165, 1.54) is 7.11 Å². The summed E-state index contributed by atoms with van der Waals surface area (Å²) < 4.78 is 10.2. The van der Waals surface area contributed by atoms with Crippen molar-refractivity contribution in [1.29, 1.82) is 5.26 Å². The third-order valence-corrected chi connectivity index (χ3v) is 3.47. The fourth-order valence-electron chi connectivity index (χ4n) is 2.13. The van der Waals surface area contributed by atoms with Crippen molar-refractivity contribution in [3.63, 3.8) is 0 Å². The van der Waals surface area contributed by atoms with Crippen molar-refractivity contribution in [3.05, 3.63) is 65.2 Å². The standard InChI is InChI=1S/C19H18N2O4/c1-24-18(22)9-10-21-19(23)14-7-4-8-17(11-14)25-13-16-6-3-2-5-15(16)12-20/h2-8,11H,9-10,13H2,1H3,(H,21,23). The minimum Gasteiger partial charge on any atom is -0.489 e. The minimum absolute atomic E-state index is 0.114. The monoisotopic (exact) mass is 338 g/mol. The quantitative estimate of drug-likeness (QED) is 0.783. The van der Waals surface area contributed by atoms with E-state index in [4.69, 9.17) is 10.00 Å². The summed E-state index contributed by atoms with van der Waals surface area (Å²) in [6.45, 7) is 0.434. The Labute approximate surface area is 146 Å². The van der Waals surface area contributed by atoms with Gasteiger partial charge in [-0.2, -0.15) is 5.26 Å². The molecule has 0 saturated carbocycles. The van der Waals surface area contributed by atoms with E-state index in [9.17, 15) is 9.59 Å². The lowest BCUT2D eigenvalue weighted by molar-refractivity contribution is -0.140. The molecule has 2 rings (SSSR count). The zero-order chi connectivity index (χ0) is 18.1. The van der Waals surface area contributed by atoms with Crippen LogP contribution in [0.15, 0.2) is 48.5 Å². The third kappa shape index (κ3) is 5.36. The lowest BCUT2D eigenvalue weighted by Gasteiger charge is -2.09. The molecule has 0 aliphatic carbocycles. The highest BCUT2D eigenvalue weighted by Gasteiger charge is 2.08. The second-order valence-corrected chi connectivity index (χ2v) is 5.17. The van der Waals surface area contributed by atoms with Gasteiger partial charge in [0.2, 0.25) is 0 Å². The van der Waals surface area contributed by atoms with Gasteiger partial charge in [0.25, 0.3) is 5.91 Å². The van der Waals surface area contributed by atoms with Gasteiger partial charge in [-0.3, -0.25) is 9.59 Å². The first-order chi connectivity index (χ1) is 12.1. The molecule has 0 unspecified atom stereocenters. The average Bonchev–Trinajstić information content (AvgIpc) is 2.66. The topological polar surface area (TPSA) is 88.4 Å². The lowest BCUT2D eigenvalue weighted by Crippen LogP contribution is -2.26. The minimum atomic E-state index is -0.381. The third-order valence-electron chi connectivity index (χ3n) is 3.47. The van der Waals surface area contributed by atoms with Crippen LogP contribution in [0, 0.1) is 11.3 Å². The van der Waals surface area contributed by atoms with E-state index in [1.807, 2.05) is 12.1 Å². The summed E-state index contributed by atoms with van der Waals surface area (Å²) in [4.78, 5) is 23.1. The maximum atomic E-state index is 12.1. The number of rotatable bonds is 7. The number of carbonyl (C=O) groups is 2. The molecule has 1 amide bonds. The van der Waals surface area contributed by atoms with Gasteiger partial charge in [-0.05, 0) is 24.3 Å². The van der Waals surface area contributed by atoms with Gasteiger partial charge in [0.05, 0.1) is 25.2 Å². The highest BCUT2D eigenvalue weighted by atomic mass is 16.5. The van der Waals surface area contributed by atoms with Crippen LogP contribution < -0.4 is 10.1 Å². The van der Waals surface area contributed by atoms with Crippen molar-refractivity contribution in [2.75, 3.05) is 13.7 Å². The van der Waals surface area contributed by atoms with Gasteiger partial charge in [-0.15, -0.1) is 0 Å².